The molecule has 2 rings (SSSR count). The maximum atomic E-state index is 13.1. The van der Waals surface area contributed by atoms with Crippen LogP contribution in [0.1, 0.15) is 19.8 Å². The first-order chi connectivity index (χ1) is 12.5. The summed E-state index contributed by atoms with van der Waals surface area (Å²) in [6, 6.07) is 7.15. The van der Waals surface area contributed by atoms with E-state index in [9.17, 15) is 9.59 Å². The number of likely N-dealkylation sites (N-methyl/N-ethyl adjacent to an activating group) is 1. The molecule has 1 aliphatic rings. The van der Waals surface area contributed by atoms with Gasteiger partial charge in [0.05, 0.1) is 25.7 Å². The average Bonchev–Trinajstić information content (AvgIpc) is 2.66. The molecule has 1 aromatic rings. The van der Waals surface area contributed by atoms with E-state index < -0.39 is 5.41 Å². The zero-order chi connectivity index (χ0) is 19.0. The van der Waals surface area contributed by atoms with Gasteiger partial charge in [0.15, 0.2) is 0 Å². The molecule has 152 valence electrons. The fourth-order valence-electron chi connectivity index (χ4n) is 3.34. The van der Waals surface area contributed by atoms with Gasteiger partial charge in [0.1, 0.15) is 5.75 Å². The first-order valence-corrected chi connectivity index (χ1v) is 8.97. The number of ether oxygens (including phenoxy) is 2. The largest absolute Gasteiger partial charge is 0.497 e. The third-order valence-corrected chi connectivity index (χ3v) is 4.79. The van der Waals surface area contributed by atoms with Crippen LogP contribution in [0.2, 0.25) is 0 Å². The molecule has 7 nitrogen and oxygen atoms in total. The standard InChI is InChI=1S/C19H29N3O4.ClH/c1-4-22(18(24)19(14-25-2)8-10-20-11-9-19)13-17(23)21-15-6-5-7-16(12-15)26-3;/h5-7,12,20H,4,8-11,13-14H2,1-3H3,(H,21,23);1H. The maximum Gasteiger partial charge on any atom is 0.243 e. The first-order valence-electron chi connectivity index (χ1n) is 8.97. The van der Waals surface area contributed by atoms with Gasteiger partial charge >= 0.3 is 0 Å². The van der Waals surface area contributed by atoms with Crippen molar-refractivity contribution in [2.24, 2.45) is 5.41 Å². The topological polar surface area (TPSA) is 79.9 Å². The molecule has 0 aliphatic carbocycles. The molecule has 0 atom stereocenters. The molecule has 0 aromatic heterocycles. The number of benzene rings is 1. The number of nitrogens with zero attached hydrogens (tertiary/aromatic N) is 1. The van der Waals surface area contributed by atoms with E-state index in [4.69, 9.17) is 9.47 Å². The van der Waals surface area contributed by atoms with Crippen LogP contribution >= 0.6 is 12.4 Å². The molecule has 1 aliphatic heterocycles. The van der Waals surface area contributed by atoms with Crippen LogP contribution in [0.25, 0.3) is 0 Å². The number of amides is 2. The van der Waals surface area contributed by atoms with Crippen molar-refractivity contribution in [2.45, 2.75) is 19.8 Å². The summed E-state index contributed by atoms with van der Waals surface area (Å²) < 4.78 is 10.5. The van der Waals surface area contributed by atoms with E-state index in [1.54, 1.807) is 37.3 Å². The van der Waals surface area contributed by atoms with E-state index in [0.29, 0.717) is 37.4 Å². The van der Waals surface area contributed by atoms with Crippen LogP contribution in [0.4, 0.5) is 5.69 Å². The molecule has 27 heavy (non-hydrogen) atoms. The van der Waals surface area contributed by atoms with Gasteiger partial charge in [-0.3, -0.25) is 9.59 Å². The van der Waals surface area contributed by atoms with Gasteiger partial charge in [-0.2, -0.15) is 0 Å². The molecule has 2 amide bonds. The number of hydrogen-bond donors (Lipinski definition) is 2. The van der Waals surface area contributed by atoms with Gasteiger partial charge in [0.2, 0.25) is 11.8 Å². The summed E-state index contributed by atoms with van der Waals surface area (Å²) in [7, 11) is 3.19. The van der Waals surface area contributed by atoms with Crippen molar-refractivity contribution in [3.8, 4) is 5.75 Å². The second kappa shape index (κ2) is 11.1. The lowest BCUT2D eigenvalue weighted by molar-refractivity contribution is -0.149. The molecule has 0 spiro atoms. The highest BCUT2D eigenvalue weighted by atomic mass is 35.5. The van der Waals surface area contributed by atoms with E-state index in [2.05, 4.69) is 10.6 Å². The summed E-state index contributed by atoms with van der Waals surface area (Å²) in [6.45, 7) is 4.32. The quantitative estimate of drug-likeness (QED) is 0.698. The molecule has 1 fully saturated rings. The molecule has 1 aromatic carbocycles. The zero-order valence-electron chi connectivity index (χ0n) is 16.2. The highest BCUT2D eigenvalue weighted by Gasteiger charge is 2.42. The summed E-state index contributed by atoms with van der Waals surface area (Å²) in [5.74, 6) is 0.430. The summed E-state index contributed by atoms with van der Waals surface area (Å²) in [6.07, 6.45) is 1.43. The van der Waals surface area contributed by atoms with Crippen LogP contribution in [0.5, 0.6) is 5.75 Å². The van der Waals surface area contributed by atoms with Crippen molar-refractivity contribution in [1.82, 2.24) is 10.2 Å². The van der Waals surface area contributed by atoms with Crippen molar-refractivity contribution in [3.05, 3.63) is 24.3 Å². The molecule has 1 saturated heterocycles. The van der Waals surface area contributed by atoms with Gasteiger partial charge < -0.3 is 25.0 Å². The number of nitrogens with one attached hydrogen (secondary N) is 2. The minimum atomic E-state index is -0.549. The Morgan fingerprint density at radius 3 is 2.56 bits per heavy atom. The number of rotatable bonds is 8. The van der Waals surface area contributed by atoms with Crippen molar-refractivity contribution in [3.63, 3.8) is 0 Å². The average molecular weight is 400 g/mol. The van der Waals surface area contributed by atoms with Gasteiger partial charge in [-0.05, 0) is 45.0 Å². The normalized spacial score (nSPS) is 15.4. The lowest BCUT2D eigenvalue weighted by Gasteiger charge is -2.39. The second-order valence-electron chi connectivity index (χ2n) is 6.56. The Hall–Kier alpha value is -1.83. The fraction of sp³-hybridized carbons (Fsp3) is 0.579. The van der Waals surface area contributed by atoms with Crippen molar-refractivity contribution >= 4 is 29.9 Å². The zero-order valence-corrected chi connectivity index (χ0v) is 17.1. The second-order valence-corrected chi connectivity index (χ2v) is 6.56. The molecule has 8 heteroatoms. The van der Waals surface area contributed by atoms with E-state index >= 15 is 0 Å². The van der Waals surface area contributed by atoms with Crippen LogP contribution < -0.4 is 15.4 Å². The molecule has 0 saturated carbocycles. The number of methoxy groups -OCH3 is 2. The molecule has 1 heterocycles. The summed E-state index contributed by atoms with van der Waals surface area (Å²) in [4.78, 5) is 27.2. The fourth-order valence-corrected chi connectivity index (χ4v) is 3.34. The monoisotopic (exact) mass is 399 g/mol. The predicted octanol–water partition coefficient (Wildman–Crippen LogP) is 1.92. The molecule has 2 N–H and O–H groups in total. The van der Waals surface area contributed by atoms with Crippen LogP contribution in [0, 0.1) is 5.41 Å². The van der Waals surface area contributed by atoms with Crippen molar-refractivity contribution < 1.29 is 19.1 Å². The van der Waals surface area contributed by atoms with Crippen LogP contribution in [0.15, 0.2) is 24.3 Å². The summed E-state index contributed by atoms with van der Waals surface area (Å²) in [5.41, 5.74) is 0.0954. The number of carbonyl (C=O) groups is 2. The van der Waals surface area contributed by atoms with E-state index in [1.165, 1.54) is 0 Å². The van der Waals surface area contributed by atoms with Gasteiger partial charge in [-0.1, -0.05) is 6.07 Å². The SMILES string of the molecule is CCN(CC(=O)Nc1cccc(OC)c1)C(=O)C1(COC)CCNCC1.Cl. The van der Waals surface area contributed by atoms with E-state index in [0.717, 1.165) is 13.1 Å². The number of hydrogen-bond acceptors (Lipinski definition) is 5. The Bertz CT molecular complexity index is 615. The summed E-state index contributed by atoms with van der Waals surface area (Å²) >= 11 is 0. The predicted molar refractivity (Wildman–Crippen MR) is 108 cm³/mol. The highest BCUT2D eigenvalue weighted by molar-refractivity contribution is 5.95. The van der Waals surface area contributed by atoms with Gasteiger partial charge in [0, 0.05) is 25.4 Å². The number of halogens is 1. The molecular formula is C19H30ClN3O4. The van der Waals surface area contributed by atoms with Crippen molar-refractivity contribution in [1.29, 1.82) is 0 Å². The Balaban J connectivity index is 0.00000364. The molecule has 0 unspecified atom stereocenters. The Morgan fingerprint density at radius 2 is 1.96 bits per heavy atom. The van der Waals surface area contributed by atoms with Gasteiger partial charge in [-0.15, -0.1) is 12.4 Å². The van der Waals surface area contributed by atoms with E-state index in [-0.39, 0.29) is 30.8 Å². The molecule has 0 bridgehead atoms. The lowest BCUT2D eigenvalue weighted by atomic mass is 9.78. The van der Waals surface area contributed by atoms with Crippen molar-refractivity contribution in [2.75, 3.05) is 52.3 Å². The third-order valence-electron chi connectivity index (χ3n) is 4.79. The minimum absolute atomic E-state index is 0. The Morgan fingerprint density at radius 1 is 1.26 bits per heavy atom. The maximum absolute atomic E-state index is 13.1. The number of piperidine rings is 1. The smallest absolute Gasteiger partial charge is 0.243 e. The summed E-state index contributed by atoms with van der Waals surface area (Å²) in [5, 5.41) is 6.10. The number of carbonyl (C=O) groups excluding carboxylic acids is 2. The van der Waals surface area contributed by atoms with E-state index in [1.807, 2.05) is 13.0 Å². The van der Waals surface area contributed by atoms with Crippen LogP contribution in [-0.2, 0) is 14.3 Å². The Labute approximate surface area is 167 Å². The van der Waals surface area contributed by atoms with Gasteiger partial charge in [0.25, 0.3) is 0 Å². The van der Waals surface area contributed by atoms with Gasteiger partial charge in [-0.25, -0.2) is 0 Å². The number of anilines is 1. The molecule has 0 radical (unpaired) electrons. The highest BCUT2D eigenvalue weighted by Crippen LogP contribution is 2.31. The molecular weight excluding hydrogens is 370 g/mol. The lowest BCUT2D eigenvalue weighted by Crippen LogP contribution is -2.53. The van der Waals surface area contributed by atoms with Crippen LogP contribution in [-0.4, -0.2) is 63.7 Å². The Kier molecular flexibility index (Phi) is 9.55. The third kappa shape index (κ3) is 6.09. The van der Waals surface area contributed by atoms with Crippen LogP contribution in [0.3, 0.4) is 0 Å². The first kappa shape index (κ1) is 23.2. The minimum Gasteiger partial charge on any atom is -0.497 e.